The molecule has 0 N–H and O–H groups in total. The summed E-state index contributed by atoms with van der Waals surface area (Å²) in [5.41, 5.74) is 1.21. The summed E-state index contributed by atoms with van der Waals surface area (Å²) >= 11 is 0. The van der Waals surface area contributed by atoms with Crippen LogP contribution in [0.3, 0.4) is 0 Å². The van der Waals surface area contributed by atoms with Gasteiger partial charge in [0.25, 0.3) is 0 Å². The first-order valence-corrected chi connectivity index (χ1v) is 11.4. The van der Waals surface area contributed by atoms with E-state index in [0.717, 1.165) is 36.3 Å². The van der Waals surface area contributed by atoms with Crippen LogP contribution < -0.4 is 4.74 Å². The normalized spacial score (nSPS) is 22.6. The second-order valence-electron chi connectivity index (χ2n) is 7.97. The van der Waals surface area contributed by atoms with E-state index in [-0.39, 0.29) is 17.4 Å². The molecule has 4 rings (SSSR count). The molecule has 29 heavy (non-hydrogen) atoms. The Balaban J connectivity index is 1.69. The van der Waals surface area contributed by atoms with Crippen LogP contribution >= 0.6 is 0 Å². The minimum Gasteiger partial charge on any atom is -0.497 e. The van der Waals surface area contributed by atoms with Crippen LogP contribution in [0.1, 0.15) is 49.7 Å². The topological polar surface area (TPSA) is 81.6 Å². The van der Waals surface area contributed by atoms with E-state index in [9.17, 15) is 8.42 Å². The first kappa shape index (κ1) is 20.3. The number of aromatic nitrogens is 2. The quantitative estimate of drug-likeness (QED) is 0.761. The number of hydrogen-bond donors (Lipinski definition) is 0. The summed E-state index contributed by atoms with van der Waals surface area (Å²) < 4.78 is 39.5. The van der Waals surface area contributed by atoms with Gasteiger partial charge in [-0.25, -0.2) is 18.4 Å². The molecule has 0 bridgehead atoms. The second kappa shape index (κ2) is 7.66. The molecular formula is C21H27N3O4S. The van der Waals surface area contributed by atoms with E-state index >= 15 is 0 Å². The van der Waals surface area contributed by atoms with Gasteiger partial charge in [0, 0.05) is 25.2 Å². The monoisotopic (exact) mass is 417 g/mol. The molecule has 0 radical (unpaired) electrons. The van der Waals surface area contributed by atoms with Crippen LogP contribution in [0.5, 0.6) is 5.75 Å². The first-order chi connectivity index (χ1) is 13.9. The third kappa shape index (κ3) is 3.65. The molecule has 0 saturated carbocycles. The Morgan fingerprint density at radius 1 is 1.24 bits per heavy atom. The average Bonchev–Trinajstić information content (AvgIpc) is 2.74. The zero-order valence-electron chi connectivity index (χ0n) is 17.1. The smallest absolute Gasteiger partial charge is 0.243 e. The Hall–Kier alpha value is -2.03. The van der Waals surface area contributed by atoms with Gasteiger partial charge in [0.2, 0.25) is 10.0 Å². The lowest BCUT2D eigenvalue weighted by Crippen LogP contribution is -2.52. The van der Waals surface area contributed by atoms with Crippen LogP contribution in [0.15, 0.2) is 35.4 Å². The highest BCUT2D eigenvalue weighted by atomic mass is 32.2. The van der Waals surface area contributed by atoms with E-state index in [0.29, 0.717) is 18.9 Å². The Morgan fingerprint density at radius 3 is 2.69 bits per heavy atom. The van der Waals surface area contributed by atoms with E-state index < -0.39 is 15.6 Å². The van der Waals surface area contributed by atoms with Crippen molar-refractivity contribution in [2.45, 2.75) is 49.5 Å². The lowest BCUT2D eigenvalue weighted by atomic mass is 9.85. The van der Waals surface area contributed by atoms with E-state index in [1.54, 1.807) is 31.4 Å². The van der Waals surface area contributed by atoms with Crippen LogP contribution in [-0.4, -0.2) is 49.5 Å². The Kier molecular flexibility index (Phi) is 5.35. The van der Waals surface area contributed by atoms with Crippen molar-refractivity contribution in [2.24, 2.45) is 0 Å². The fraction of sp³-hybridized carbons (Fsp3) is 0.524. The van der Waals surface area contributed by atoms with E-state index in [2.05, 4.69) is 18.8 Å². The molecule has 7 nitrogen and oxygen atoms in total. The fourth-order valence-corrected chi connectivity index (χ4v) is 5.62. The summed E-state index contributed by atoms with van der Waals surface area (Å²) in [5.74, 6) is 1.59. The number of hydrogen-bond acceptors (Lipinski definition) is 6. The molecule has 1 aromatic carbocycles. The van der Waals surface area contributed by atoms with Crippen molar-refractivity contribution in [1.29, 1.82) is 0 Å². The Labute approximate surface area is 172 Å². The predicted molar refractivity (Wildman–Crippen MR) is 108 cm³/mol. The molecule has 2 aromatic rings. The maximum atomic E-state index is 13.3. The molecule has 1 atom stereocenters. The summed E-state index contributed by atoms with van der Waals surface area (Å²) in [6, 6.07) is 6.51. The van der Waals surface area contributed by atoms with Crippen molar-refractivity contribution >= 4 is 10.0 Å². The highest BCUT2D eigenvalue weighted by molar-refractivity contribution is 7.89. The van der Waals surface area contributed by atoms with Crippen molar-refractivity contribution in [3.63, 3.8) is 0 Å². The highest BCUT2D eigenvalue weighted by Crippen LogP contribution is 2.40. The minimum absolute atomic E-state index is 0.196. The number of rotatable bonds is 4. The third-order valence-electron chi connectivity index (χ3n) is 5.70. The summed E-state index contributed by atoms with van der Waals surface area (Å²) in [6.45, 7) is 5.40. The Morgan fingerprint density at radius 2 is 2.00 bits per heavy atom. The number of benzene rings is 1. The maximum absolute atomic E-state index is 13.3. The molecule has 1 aromatic heterocycles. The largest absolute Gasteiger partial charge is 0.497 e. The van der Waals surface area contributed by atoms with Gasteiger partial charge in [0.1, 0.15) is 17.2 Å². The molecule has 1 fully saturated rings. The molecule has 2 aliphatic rings. The van der Waals surface area contributed by atoms with Gasteiger partial charge in [-0.1, -0.05) is 13.8 Å². The minimum atomic E-state index is -3.64. The third-order valence-corrected chi connectivity index (χ3v) is 7.56. The van der Waals surface area contributed by atoms with E-state index in [1.165, 1.54) is 4.31 Å². The van der Waals surface area contributed by atoms with Crippen molar-refractivity contribution in [1.82, 2.24) is 14.3 Å². The van der Waals surface area contributed by atoms with Crippen LogP contribution in [0, 0.1) is 0 Å². The number of sulfonamides is 1. The number of nitrogens with zero attached hydrogens (tertiary/aromatic N) is 3. The summed E-state index contributed by atoms with van der Waals surface area (Å²) in [6.07, 6.45) is 4.11. The molecule has 1 saturated heterocycles. The van der Waals surface area contributed by atoms with Crippen LogP contribution in [0.2, 0.25) is 0 Å². The van der Waals surface area contributed by atoms with Gasteiger partial charge in [-0.2, -0.15) is 4.31 Å². The summed E-state index contributed by atoms with van der Waals surface area (Å²) in [5, 5.41) is 0. The predicted octanol–water partition coefficient (Wildman–Crippen LogP) is 2.86. The van der Waals surface area contributed by atoms with Crippen LogP contribution in [-0.2, 0) is 26.8 Å². The van der Waals surface area contributed by atoms with Crippen molar-refractivity contribution < 1.29 is 17.9 Å². The van der Waals surface area contributed by atoms with E-state index in [4.69, 9.17) is 14.5 Å². The number of fused-ring (bicyclic) bond motifs is 2. The Bertz CT molecular complexity index is 991. The van der Waals surface area contributed by atoms with Gasteiger partial charge < -0.3 is 9.47 Å². The van der Waals surface area contributed by atoms with E-state index in [1.807, 2.05) is 6.20 Å². The average molecular weight is 418 g/mol. The van der Waals surface area contributed by atoms with Crippen LogP contribution in [0.25, 0.3) is 0 Å². The van der Waals surface area contributed by atoms with Gasteiger partial charge in [-0.15, -0.1) is 0 Å². The summed E-state index contributed by atoms with van der Waals surface area (Å²) in [4.78, 5) is 9.58. The molecule has 3 heterocycles. The van der Waals surface area contributed by atoms with Crippen molar-refractivity contribution in [3.05, 3.63) is 47.5 Å². The molecule has 0 aliphatic carbocycles. The zero-order valence-corrected chi connectivity index (χ0v) is 17.9. The van der Waals surface area contributed by atoms with Crippen molar-refractivity contribution in [2.75, 3.05) is 26.8 Å². The molecular weight excluding hydrogens is 390 g/mol. The lowest BCUT2D eigenvalue weighted by Gasteiger charge is -2.44. The van der Waals surface area contributed by atoms with Crippen LogP contribution in [0.4, 0.5) is 0 Å². The molecule has 156 valence electrons. The maximum Gasteiger partial charge on any atom is 0.243 e. The number of methoxy groups -OCH3 is 1. The lowest BCUT2D eigenvalue weighted by molar-refractivity contribution is -0.0936. The van der Waals surface area contributed by atoms with Crippen molar-refractivity contribution in [3.8, 4) is 5.75 Å². The van der Waals surface area contributed by atoms with Gasteiger partial charge in [-0.05, 0) is 49.1 Å². The first-order valence-electron chi connectivity index (χ1n) is 10.0. The highest BCUT2D eigenvalue weighted by Gasteiger charge is 2.46. The number of ether oxygens (including phenoxy) is 2. The SMILES string of the molecule is COc1ccc(S(=O)(=O)N2CCC[C@@]3(C2)OCCc2cnc(C(C)C)nc23)cc1. The van der Waals surface area contributed by atoms with Gasteiger partial charge >= 0.3 is 0 Å². The summed E-state index contributed by atoms with van der Waals surface area (Å²) in [7, 11) is -2.08. The molecule has 0 amide bonds. The van der Waals surface area contributed by atoms with Gasteiger partial charge in [0.05, 0.1) is 24.3 Å². The molecule has 0 unspecified atom stereocenters. The number of piperidine rings is 1. The standard InChI is InChI=1S/C21H27N3O4S/c1-15(2)20-22-13-16-9-12-28-21(19(16)23-20)10-4-11-24(14-21)29(25,26)18-7-5-17(27-3)6-8-18/h5-8,13,15H,4,9-12,14H2,1-3H3/t21-/m0/s1. The fourth-order valence-electron chi connectivity index (χ4n) is 4.10. The van der Waals surface area contributed by atoms with Gasteiger partial charge in [-0.3, -0.25) is 0 Å². The molecule has 2 aliphatic heterocycles. The molecule has 8 heteroatoms. The second-order valence-corrected chi connectivity index (χ2v) is 9.91. The molecule has 1 spiro atoms. The zero-order chi connectivity index (χ0) is 20.6. The van der Waals surface area contributed by atoms with Gasteiger partial charge in [0.15, 0.2) is 0 Å².